The minimum atomic E-state index is -0.206. The van der Waals surface area contributed by atoms with Gasteiger partial charge in [0, 0.05) is 16.2 Å². The van der Waals surface area contributed by atoms with Gasteiger partial charge < -0.3 is 5.32 Å². The molecule has 1 atom stereocenters. The molecular weight excluding hydrogens is 293 g/mol. The van der Waals surface area contributed by atoms with Crippen molar-refractivity contribution in [3.63, 3.8) is 0 Å². The Bertz CT molecular complexity index is 537. The van der Waals surface area contributed by atoms with Crippen molar-refractivity contribution >= 4 is 21.6 Å². The molecule has 1 nitrogen and oxygen atoms in total. The molecule has 0 heterocycles. The van der Waals surface area contributed by atoms with Crippen LogP contribution < -0.4 is 5.32 Å². The van der Waals surface area contributed by atoms with Gasteiger partial charge in [0.15, 0.2) is 0 Å². The number of rotatable bonds is 3. The molecule has 18 heavy (non-hydrogen) atoms. The van der Waals surface area contributed by atoms with E-state index in [2.05, 4.69) is 47.2 Å². The van der Waals surface area contributed by atoms with Crippen LogP contribution in [0.1, 0.15) is 24.1 Å². The SMILES string of the molecule is Cc1ccc(Br)c(NC(C)c2ccc(F)cc2)c1. The predicted molar refractivity (Wildman–Crippen MR) is 77.3 cm³/mol. The molecule has 0 aromatic heterocycles. The molecule has 94 valence electrons. The summed E-state index contributed by atoms with van der Waals surface area (Å²) in [6.45, 7) is 4.11. The van der Waals surface area contributed by atoms with Gasteiger partial charge >= 0.3 is 0 Å². The van der Waals surface area contributed by atoms with Crippen LogP contribution in [0.2, 0.25) is 0 Å². The second-order valence-electron chi connectivity index (χ2n) is 4.40. The van der Waals surface area contributed by atoms with Crippen LogP contribution in [-0.4, -0.2) is 0 Å². The number of benzene rings is 2. The molecule has 0 aliphatic carbocycles. The Morgan fingerprint density at radius 3 is 2.44 bits per heavy atom. The molecular formula is C15H15BrFN. The lowest BCUT2D eigenvalue weighted by Gasteiger charge is -2.17. The first-order chi connectivity index (χ1) is 8.56. The van der Waals surface area contributed by atoms with E-state index >= 15 is 0 Å². The molecule has 0 spiro atoms. The first-order valence-electron chi connectivity index (χ1n) is 5.84. The molecule has 2 aromatic rings. The van der Waals surface area contributed by atoms with Gasteiger partial charge in [-0.3, -0.25) is 0 Å². The zero-order chi connectivity index (χ0) is 13.1. The smallest absolute Gasteiger partial charge is 0.123 e. The largest absolute Gasteiger partial charge is 0.378 e. The summed E-state index contributed by atoms with van der Waals surface area (Å²) >= 11 is 3.52. The number of aryl methyl sites for hydroxylation is 1. The molecule has 0 aliphatic rings. The summed E-state index contributed by atoms with van der Waals surface area (Å²) < 4.78 is 13.9. The Kier molecular flexibility index (Phi) is 4.02. The van der Waals surface area contributed by atoms with Crippen molar-refractivity contribution in [1.29, 1.82) is 0 Å². The van der Waals surface area contributed by atoms with E-state index in [-0.39, 0.29) is 11.9 Å². The quantitative estimate of drug-likeness (QED) is 0.834. The van der Waals surface area contributed by atoms with Crippen LogP contribution in [0.25, 0.3) is 0 Å². The zero-order valence-electron chi connectivity index (χ0n) is 10.4. The first-order valence-corrected chi connectivity index (χ1v) is 6.64. The van der Waals surface area contributed by atoms with Gasteiger partial charge in [-0.15, -0.1) is 0 Å². The van der Waals surface area contributed by atoms with Crippen LogP contribution in [0.15, 0.2) is 46.9 Å². The highest BCUT2D eigenvalue weighted by atomic mass is 79.9. The van der Waals surface area contributed by atoms with E-state index in [4.69, 9.17) is 0 Å². The predicted octanol–water partition coefficient (Wildman–Crippen LogP) is 5.07. The van der Waals surface area contributed by atoms with E-state index in [9.17, 15) is 4.39 Å². The Morgan fingerprint density at radius 2 is 1.78 bits per heavy atom. The van der Waals surface area contributed by atoms with Crippen LogP contribution in [0.5, 0.6) is 0 Å². The van der Waals surface area contributed by atoms with Crippen molar-refractivity contribution in [3.05, 3.63) is 63.9 Å². The maximum absolute atomic E-state index is 12.9. The third kappa shape index (κ3) is 3.10. The summed E-state index contributed by atoms with van der Waals surface area (Å²) in [5.74, 6) is -0.206. The first kappa shape index (κ1) is 13.1. The molecule has 2 aromatic carbocycles. The standard InChI is InChI=1S/C15H15BrFN/c1-10-3-8-14(16)15(9-10)18-11(2)12-4-6-13(17)7-5-12/h3-9,11,18H,1-2H3. The van der Waals surface area contributed by atoms with Gasteiger partial charge in [-0.25, -0.2) is 4.39 Å². The molecule has 3 heteroatoms. The summed E-state index contributed by atoms with van der Waals surface area (Å²) in [4.78, 5) is 0. The average Bonchev–Trinajstić information content (AvgIpc) is 2.34. The van der Waals surface area contributed by atoms with Gasteiger partial charge in [0.2, 0.25) is 0 Å². The van der Waals surface area contributed by atoms with Gasteiger partial charge in [0.25, 0.3) is 0 Å². The molecule has 0 bridgehead atoms. The normalized spacial score (nSPS) is 12.2. The van der Waals surface area contributed by atoms with Gasteiger partial charge in [-0.2, -0.15) is 0 Å². The Hall–Kier alpha value is -1.35. The molecule has 0 fully saturated rings. The van der Waals surface area contributed by atoms with E-state index in [1.54, 1.807) is 12.1 Å². The molecule has 0 saturated heterocycles. The summed E-state index contributed by atoms with van der Waals surface area (Å²) in [5, 5.41) is 3.42. The molecule has 1 unspecified atom stereocenters. The molecule has 0 saturated carbocycles. The maximum atomic E-state index is 12.9. The summed E-state index contributed by atoms with van der Waals surface area (Å²) in [7, 11) is 0. The molecule has 1 N–H and O–H groups in total. The number of anilines is 1. The minimum Gasteiger partial charge on any atom is -0.378 e. The summed E-state index contributed by atoms with van der Waals surface area (Å²) in [6.07, 6.45) is 0. The third-order valence-electron chi connectivity index (χ3n) is 2.86. The highest BCUT2D eigenvalue weighted by Crippen LogP contribution is 2.27. The Balaban J connectivity index is 2.18. The van der Waals surface area contributed by atoms with Crippen LogP contribution >= 0.6 is 15.9 Å². The second-order valence-corrected chi connectivity index (χ2v) is 5.26. The number of nitrogens with one attached hydrogen (secondary N) is 1. The molecule has 2 rings (SSSR count). The number of hydrogen-bond acceptors (Lipinski definition) is 1. The summed E-state index contributed by atoms with van der Waals surface area (Å²) in [5.41, 5.74) is 3.31. The van der Waals surface area contributed by atoms with Crippen molar-refractivity contribution in [2.45, 2.75) is 19.9 Å². The van der Waals surface area contributed by atoms with Crippen molar-refractivity contribution < 1.29 is 4.39 Å². The Morgan fingerprint density at radius 1 is 1.11 bits per heavy atom. The van der Waals surface area contributed by atoms with Gasteiger partial charge in [0.05, 0.1) is 0 Å². The lowest BCUT2D eigenvalue weighted by Crippen LogP contribution is -2.07. The van der Waals surface area contributed by atoms with E-state index in [1.807, 2.05) is 6.07 Å². The third-order valence-corrected chi connectivity index (χ3v) is 3.56. The molecule has 0 amide bonds. The van der Waals surface area contributed by atoms with Crippen molar-refractivity contribution in [2.24, 2.45) is 0 Å². The van der Waals surface area contributed by atoms with E-state index < -0.39 is 0 Å². The lowest BCUT2D eigenvalue weighted by molar-refractivity contribution is 0.626. The molecule has 0 aliphatic heterocycles. The van der Waals surface area contributed by atoms with Gasteiger partial charge in [-0.05, 0) is 65.2 Å². The fourth-order valence-electron chi connectivity index (χ4n) is 1.82. The van der Waals surface area contributed by atoms with E-state index in [0.717, 1.165) is 15.7 Å². The number of hydrogen-bond donors (Lipinski definition) is 1. The Labute approximate surface area is 115 Å². The topological polar surface area (TPSA) is 12.0 Å². The van der Waals surface area contributed by atoms with Crippen LogP contribution in [0.3, 0.4) is 0 Å². The van der Waals surface area contributed by atoms with Gasteiger partial charge in [0.1, 0.15) is 5.82 Å². The fourth-order valence-corrected chi connectivity index (χ4v) is 2.18. The average molecular weight is 308 g/mol. The number of halogens is 2. The van der Waals surface area contributed by atoms with Crippen molar-refractivity contribution in [3.8, 4) is 0 Å². The minimum absolute atomic E-state index is 0.128. The van der Waals surface area contributed by atoms with Crippen LogP contribution in [0, 0.1) is 12.7 Å². The monoisotopic (exact) mass is 307 g/mol. The van der Waals surface area contributed by atoms with E-state index in [1.165, 1.54) is 17.7 Å². The van der Waals surface area contributed by atoms with Gasteiger partial charge in [-0.1, -0.05) is 18.2 Å². The van der Waals surface area contributed by atoms with Crippen LogP contribution in [0.4, 0.5) is 10.1 Å². The highest BCUT2D eigenvalue weighted by molar-refractivity contribution is 9.10. The zero-order valence-corrected chi connectivity index (χ0v) is 12.0. The lowest BCUT2D eigenvalue weighted by atomic mass is 10.1. The maximum Gasteiger partial charge on any atom is 0.123 e. The van der Waals surface area contributed by atoms with Crippen molar-refractivity contribution in [2.75, 3.05) is 5.32 Å². The second kappa shape index (κ2) is 5.53. The fraction of sp³-hybridized carbons (Fsp3) is 0.200. The summed E-state index contributed by atoms with van der Waals surface area (Å²) in [6, 6.07) is 12.9. The van der Waals surface area contributed by atoms with Crippen LogP contribution in [-0.2, 0) is 0 Å². The molecule has 0 radical (unpaired) electrons. The highest BCUT2D eigenvalue weighted by Gasteiger charge is 2.07. The van der Waals surface area contributed by atoms with E-state index in [0.29, 0.717) is 0 Å². The van der Waals surface area contributed by atoms with Crippen molar-refractivity contribution in [1.82, 2.24) is 0 Å².